The summed E-state index contributed by atoms with van der Waals surface area (Å²) in [4.78, 5) is 28.3. The van der Waals surface area contributed by atoms with E-state index in [1.165, 1.54) is 0 Å². The second-order valence-corrected chi connectivity index (χ2v) is 8.05. The Bertz CT molecular complexity index is 920. The minimum Gasteiger partial charge on any atom is -0.497 e. The molecule has 1 aliphatic carbocycles. The van der Waals surface area contributed by atoms with Gasteiger partial charge in [0.2, 0.25) is 5.91 Å². The van der Waals surface area contributed by atoms with Crippen molar-refractivity contribution in [2.75, 3.05) is 23.9 Å². The first kappa shape index (κ1) is 20.4. The molecule has 4 rings (SSSR count). The number of hydrogen-bond donors (Lipinski definition) is 2. The number of methoxy groups -OCH3 is 1. The van der Waals surface area contributed by atoms with Gasteiger partial charge in [0.05, 0.1) is 25.0 Å². The fraction of sp³-hybridized carbons (Fsp3) is 0.417. The molecule has 1 heterocycles. The van der Waals surface area contributed by atoms with Crippen LogP contribution < -0.4 is 20.3 Å². The quantitative estimate of drug-likeness (QED) is 0.758. The zero-order valence-electron chi connectivity index (χ0n) is 17.6. The van der Waals surface area contributed by atoms with Crippen LogP contribution in [-0.2, 0) is 9.59 Å². The van der Waals surface area contributed by atoms with Crippen molar-refractivity contribution in [3.05, 3.63) is 54.1 Å². The van der Waals surface area contributed by atoms with Gasteiger partial charge in [-0.25, -0.2) is 0 Å². The number of carbonyl (C=O) groups is 2. The molecule has 2 aromatic rings. The lowest BCUT2D eigenvalue weighted by Gasteiger charge is -2.44. The third kappa shape index (κ3) is 3.56. The summed E-state index contributed by atoms with van der Waals surface area (Å²) < 4.78 is 5.24. The lowest BCUT2D eigenvalue weighted by molar-refractivity contribution is -0.127. The molecule has 0 bridgehead atoms. The molecular formula is C24H29N3O3. The van der Waals surface area contributed by atoms with Crippen molar-refractivity contribution in [1.29, 1.82) is 0 Å². The largest absolute Gasteiger partial charge is 0.497 e. The lowest BCUT2D eigenvalue weighted by atomic mass is 9.89. The SMILES string of the molecule is CCC(NCC(=O)N1c2ccccc2NC(=O)C12CCCC2)c1ccc(OC)cc1. The topological polar surface area (TPSA) is 70.7 Å². The molecule has 1 unspecified atom stereocenters. The molecule has 1 spiro atoms. The summed E-state index contributed by atoms with van der Waals surface area (Å²) in [5, 5.41) is 6.43. The van der Waals surface area contributed by atoms with E-state index in [2.05, 4.69) is 17.6 Å². The van der Waals surface area contributed by atoms with E-state index in [0.717, 1.165) is 36.3 Å². The molecule has 1 aliphatic heterocycles. The number of hydrogen-bond acceptors (Lipinski definition) is 4. The third-order valence-corrected chi connectivity index (χ3v) is 6.35. The first-order chi connectivity index (χ1) is 14.6. The number of amides is 2. The summed E-state index contributed by atoms with van der Waals surface area (Å²) in [6.07, 6.45) is 4.16. The third-order valence-electron chi connectivity index (χ3n) is 6.35. The Labute approximate surface area is 177 Å². The standard InChI is InChI=1S/C24H29N3O3/c1-3-19(17-10-12-18(30-2)13-11-17)25-16-22(28)27-21-9-5-4-8-20(21)26-23(29)24(27)14-6-7-15-24/h4-5,8-13,19,25H,3,6-7,14-16H2,1-2H3,(H,26,29). The molecule has 2 N–H and O–H groups in total. The van der Waals surface area contributed by atoms with Crippen LogP contribution in [0.4, 0.5) is 11.4 Å². The Morgan fingerprint density at radius 3 is 2.53 bits per heavy atom. The van der Waals surface area contributed by atoms with E-state index in [9.17, 15) is 9.59 Å². The van der Waals surface area contributed by atoms with Gasteiger partial charge in [-0.05, 0) is 49.1 Å². The molecule has 0 saturated heterocycles. The number of nitrogens with zero attached hydrogens (tertiary/aromatic N) is 1. The number of nitrogens with one attached hydrogen (secondary N) is 2. The number of rotatable bonds is 6. The van der Waals surface area contributed by atoms with Gasteiger partial charge in [-0.15, -0.1) is 0 Å². The van der Waals surface area contributed by atoms with E-state index < -0.39 is 5.54 Å². The summed E-state index contributed by atoms with van der Waals surface area (Å²) in [7, 11) is 1.65. The highest BCUT2D eigenvalue weighted by Gasteiger charge is 2.52. The van der Waals surface area contributed by atoms with E-state index in [1.54, 1.807) is 12.0 Å². The molecule has 30 heavy (non-hydrogen) atoms. The summed E-state index contributed by atoms with van der Waals surface area (Å²) >= 11 is 0. The lowest BCUT2D eigenvalue weighted by Crippen LogP contribution is -2.62. The summed E-state index contributed by atoms with van der Waals surface area (Å²) in [5.41, 5.74) is 1.84. The molecule has 1 atom stereocenters. The maximum atomic E-state index is 13.5. The minimum absolute atomic E-state index is 0.0493. The van der Waals surface area contributed by atoms with Crippen LogP contribution >= 0.6 is 0 Å². The Hall–Kier alpha value is -2.86. The minimum atomic E-state index is -0.769. The van der Waals surface area contributed by atoms with Crippen molar-refractivity contribution in [3.63, 3.8) is 0 Å². The smallest absolute Gasteiger partial charge is 0.250 e. The van der Waals surface area contributed by atoms with Crippen molar-refractivity contribution in [2.24, 2.45) is 0 Å². The Balaban J connectivity index is 1.56. The molecule has 0 aromatic heterocycles. The van der Waals surface area contributed by atoms with Crippen LogP contribution in [0.3, 0.4) is 0 Å². The van der Waals surface area contributed by atoms with Gasteiger partial charge in [-0.3, -0.25) is 14.5 Å². The second-order valence-electron chi connectivity index (χ2n) is 8.05. The maximum Gasteiger partial charge on any atom is 0.250 e. The van der Waals surface area contributed by atoms with Gasteiger partial charge in [-0.2, -0.15) is 0 Å². The number of ether oxygens (including phenoxy) is 1. The van der Waals surface area contributed by atoms with Gasteiger partial charge in [-0.1, -0.05) is 44.0 Å². The highest BCUT2D eigenvalue weighted by atomic mass is 16.5. The van der Waals surface area contributed by atoms with E-state index in [4.69, 9.17) is 4.74 Å². The Kier molecular flexibility index (Phi) is 5.77. The molecule has 2 amide bonds. The molecule has 1 fully saturated rings. The van der Waals surface area contributed by atoms with Crippen LogP contribution in [0, 0.1) is 0 Å². The van der Waals surface area contributed by atoms with Gasteiger partial charge in [0.15, 0.2) is 0 Å². The molecule has 158 valence electrons. The molecule has 2 aliphatic rings. The van der Waals surface area contributed by atoms with Crippen LogP contribution in [0.5, 0.6) is 5.75 Å². The van der Waals surface area contributed by atoms with E-state index in [0.29, 0.717) is 18.5 Å². The zero-order valence-corrected chi connectivity index (χ0v) is 17.6. The number of carbonyl (C=O) groups excluding carboxylic acids is 2. The number of benzene rings is 2. The van der Waals surface area contributed by atoms with Gasteiger partial charge in [0.1, 0.15) is 11.3 Å². The first-order valence-electron chi connectivity index (χ1n) is 10.7. The van der Waals surface area contributed by atoms with Crippen LogP contribution in [0.1, 0.15) is 50.6 Å². The van der Waals surface area contributed by atoms with Crippen molar-refractivity contribution in [2.45, 2.75) is 50.6 Å². The predicted molar refractivity (Wildman–Crippen MR) is 118 cm³/mol. The van der Waals surface area contributed by atoms with Gasteiger partial charge in [0, 0.05) is 6.04 Å². The summed E-state index contributed by atoms with van der Waals surface area (Å²) in [5.74, 6) is 0.684. The van der Waals surface area contributed by atoms with Gasteiger partial charge in [0.25, 0.3) is 5.91 Å². The van der Waals surface area contributed by atoms with E-state index >= 15 is 0 Å². The monoisotopic (exact) mass is 407 g/mol. The van der Waals surface area contributed by atoms with E-state index in [-0.39, 0.29) is 24.4 Å². The molecule has 2 aromatic carbocycles. The van der Waals surface area contributed by atoms with E-state index in [1.807, 2.05) is 48.5 Å². The van der Waals surface area contributed by atoms with Crippen LogP contribution in [0.2, 0.25) is 0 Å². The maximum absolute atomic E-state index is 13.5. The van der Waals surface area contributed by atoms with Crippen molar-refractivity contribution in [1.82, 2.24) is 5.32 Å². The van der Waals surface area contributed by atoms with Crippen LogP contribution in [0.25, 0.3) is 0 Å². The number of para-hydroxylation sites is 2. The Morgan fingerprint density at radius 2 is 1.87 bits per heavy atom. The normalized spacial score (nSPS) is 18.1. The first-order valence-corrected chi connectivity index (χ1v) is 10.7. The van der Waals surface area contributed by atoms with Crippen LogP contribution in [0.15, 0.2) is 48.5 Å². The second kappa shape index (κ2) is 8.48. The number of anilines is 2. The fourth-order valence-corrected chi connectivity index (χ4v) is 4.75. The van der Waals surface area contributed by atoms with Gasteiger partial charge >= 0.3 is 0 Å². The molecule has 0 radical (unpaired) electrons. The predicted octanol–water partition coefficient (Wildman–Crippen LogP) is 4.03. The molecule has 6 heteroatoms. The summed E-state index contributed by atoms with van der Waals surface area (Å²) in [6, 6.07) is 15.5. The highest BCUT2D eigenvalue weighted by Crippen LogP contribution is 2.45. The average Bonchev–Trinajstić information content (AvgIpc) is 3.26. The van der Waals surface area contributed by atoms with Crippen molar-refractivity contribution >= 4 is 23.2 Å². The summed E-state index contributed by atoms with van der Waals surface area (Å²) in [6.45, 7) is 2.27. The number of fused-ring (bicyclic) bond motifs is 1. The zero-order chi connectivity index (χ0) is 21.1. The fourth-order valence-electron chi connectivity index (χ4n) is 4.75. The molecular weight excluding hydrogens is 378 g/mol. The van der Waals surface area contributed by atoms with Crippen molar-refractivity contribution < 1.29 is 14.3 Å². The van der Waals surface area contributed by atoms with Crippen LogP contribution in [-0.4, -0.2) is 31.0 Å². The Morgan fingerprint density at radius 1 is 1.17 bits per heavy atom. The van der Waals surface area contributed by atoms with Gasteiger partial charge < -0.3 is 15.4 Å². The molecule has 1 saturated carbocycles. The highest BCUT2D eigenvalue weighted by molar-refractivity contribution is 6.15. The average molecular weight is 408 g/mol. The van der Waals surface area contributed by atoms with Crippen molar-refractivity contribution in [3.8, 4) is 5.75 Å². The molecule has 6 nitrogen and oxygen atoms in total.